The summed E-state index contributed by atoms with van der Waals surface area (Å²) in [4.78, 5) is 20.9. The van der Waals surface area contributed by atoms with Crippen molar-refractivity contribution in [2.24, 2.45) is 5.92 Å². The van der Waals surface area contributed by atoms with Crippen molar-refractivity contribution in [2.45, 2.75) is 26.7 Å². The first-order valence-corrected chi connectivity index (χ1v) is 4.03. The van der Waals surface area contributed by atoms with Gasteiger partial charge in [0, 0.05) is 0 Å². The molecule has 0 aromatic heterocycles. The lowest BCUT2D eigenvalue weighted by molar-refractivity contribution is -0.148. The normalized spacial score (nSPS) is 13.8. The van der Waals surface area contributed by atoms with Gasteiger partial charge in [-0.3, -0.25) is 9.59 Å². The monoisotopic (exact) mass is 186 g/mol. The Kier molecular flexibility index (Phi) is 4.80. The first kappa shape index (κ1) is 11.7. The Hall–Kier alpha value is -1.32. The van der Waals surface area contributed by atoms with E-state index in [-0.39, 0.29) is 6.42 Å². The van der Waals surface area contributed by atoms with E-state index in [9.17, 15) is 9.59 Å². The van der Waals surface area contributed by atoms with Gasteiger partial charge in [-0.15, -0.1) is 0 Å². The summed E-state index contributed by atoms with van der Waals surface area (Å²) < 4.78 is 0. The van der Waals surface area contributed by atoms with E-state index in [2.05, 4.69) is 0 Å². The number of rotatable bonds is 5. The Morgan fingerprint density at radius 2 is 1.85 bits per heavy atom. The Bertz CT molecular complexity index is 230. The van der Waals surface area contributed by atoms with Gasteiger partial charge in [0.15, 0.2) is 0 Å². The lowest BCUT2D eigenvalue weighted by atomic mass is 9.97. The summed E-state index contributed by atoms with van der Waals surface area (Å²) in [6.07, 6.45) is 1.77. The number of carbonyl (C=O) groups is 2. The first-order chi connectivity index (χ1) is 5.97. The van der Waals surface area contributed by atoms with E-state index in [0.29, 0.717) is 6.42 Å². The molecule has 0 fully saturated rings. The van der Waals surface area contributed by atoms with Gasteiger partial charge in [0.1, 0.15) is 0 Å². The lowest BCUT2D eigenvalue weighted by Crippen LogP contribution is -2.18. The minimum atomic E-state index is -1.07. The van der Waals surface area contributed by atoms with E-state index in [1.807, 2.05) is 0 Å². The summed E-state index contributed by atoms with van der Waals surface area (Å²) in [7, 11) is 0. The maximum atomic E-state index is 10.6. The number of hydrogen-bond donors (Lipinski definition) is 2. The van der Waals surface area contributed by atoms with Crippen molar-refractivity contribution < 1.29 is 19.8 Å². The SMILES string of the molecule is CC=C(C)CC(CC(=O)O)C(=O)O. The van der Waals surface area contributed by atoms with E-state index in [0.717, 1.165) is 5.57 Å². The van der Waals surface area contributed by atoms with Crippen molar-refractivity contribution in [1.29, 1.82) is 0 Å². The quantitative estimate of drug-likeness (QED) is 0.638. The molecule has 1 unspecified atom stereocenters. The topological polar surface area (TPSA) is 74.6 Å². The minimum Gasteiger partial charge on any atom is -0.481 e. The van der Waals surface area contributed by atoms with E-state index >= 15 is 0 Å². The largest absolute Gasteiger partial charge is 0.481 e. The first-order valence-electron chi connectivity index (χ1n) is 4.03. The van der Waals surface area contributed by atoms with Crippen molar-refractivity contribution in [3.8, 4) is 0 Å². The Morgan fingerprint density at radius 1 is 1.31 bits per heavy atom. The smallest absolute Gasteiger partial charge is 0.307 e. The zero-order valence-electron chi connectivity index (χ0n) is 7.78. The van der Waals surface area contributed by atoms with Gasteiger partial charge >= 0.3 is 11.9 Å². The van der Waals surface area contributed by atoms with Crippen LogP contribution in [0.15, 0.2) is 11.6 Å². The zero-order chi connectivity index (χ0) is 10.4. The molecule has 4 nitrogen and oxygen atoms in total. The fourth-order valence-corrected chi connectivity index (χ4v) is 0.964. The molecule has 74 valence electrons. The molecule has 2 N–H and O–H groups in total. The molecular weight excluding hydrogens is 172 g/mol. The third kappa shape index (κ3) is 5.00. The third-order valence-corrected chi connectivity index (χ3v) is 1.83. The van der Waals surface area contributed by atoms with Crippen molar-refractivity contribution in [1.82, 2.24) is 0 Å². The predicted octanol–water partition coefficient (Wildman–Crippen LogP) is 1.52. The molecule has 13 heavy (non-hydrogen) atoms. The number of hydrogen-bond acceptors (Lipinski definition) is 2. The van der Waals surface area contributed by atoms with Crippen LogP contribution in [0.3, 0.4) is 0 Å². The van der Waals surface area contributed by atoms with Crippen LogP contribution < -0.4 is 0 Å². The van der Waals surface area contributed by atoms with Crippen LogP contribution in [0.1, 0.15) is 26.7 Å². The molecule has 0 aliphatic heterocycles. The molecular formula is C9H14O4. The van der Waals surface area contributed by atoms with Crippen LogP contribution in [0.25, 0.3) is 0 Å². The maximum absolute atomic E-state index is 10.6. The average Bonchev–Trinajstić information content (AvgIpc) is 2.02. The average molecular weight is 186 g/mol. The van der Waals surface area contributed by atoms with Crippen LogP contribution in [0.2, 0.25) is 0 Å². The summed E-state index contributed by atoms with van der Waals surface area (Å²) in [5.41, 5.74) is 0.897. The van der Waals surface area contributed by atoms with Gasteiger partial charge < -0.3 is 10.2 Å². The van der Waals surface area contributed by atoms with Gasteiger partial charge in [0.25, 0.3) is 0 Å². The molecule has 0 amide bonds. The van der Waals surface area contributed by atoms with E-state index in [4.69, 9.17) is 10.2 Å². The highest BCUT2D eigenvalue weighted by atomic mass is 16.4. The number of carboxylic acids is 2. The summed E-state index contributed by atoms with van der Waals surface area (Å²) in [5, 5.41) is 17.1. The van der Waals surface area contributed by atoms with Crippen molar-refractivity contribution in [3.63, 3.8) is 0 Å². The van der Waals surface area contributed by atoms with Crippen molar-refractivity contribution >= 4 is 11.9 Å². The molecule has 1 atom stereocenters. The molecule has 0 saturated carbocycles. The van der Waals surface area contributed by atoms with Gasteiger partial charge in [-0.2, -0.15) is 0 Å². The maximum Gasteiger partial charge on any atom is 0.307 e. The Balaban J connectivity index is 4.27. The number of allylic oxidation sites excluding steroid dienone is 2. The molecule has 0 saturated heterocycles. The second-order valence-electron chi connectivity index (χ2n) is 2.97. The van der Waals surface area contributed by atoms with Gasteiger partial charge in [-0.05, 0) is 20.3 Å². The predicted molar refractivity (Wildman–Crippen MR) is 47.4 cm³/mol. The molecule has 4 heteroatoms. The van der Waals surface area contributed by atoms with Crippen LogP contribution in [0, 0.1) is 5.92 Å². The van der Waals surface area contributed by atoms with Crippen molar-refractivity contribution in [3.05, 3.63) is 11.6 Å². The van der Waals surface area contributed by atoms with Gasteiger partial charge in [-0.1, -0.05) is 11.6 Å². The Labute approximate surface area is 76.9 Å². The van der Waals surface area contributed by atoms with Gasteiger partial charge in [-0.25, -0.2) is 0 Å². The highest BCUT2D eigenvalue weighted by molar-refractivity contribution is 5.77. The van der Waals surface area contributed by atoms with E-state index < -0.39 is 17.9 Å². The molecule has 0 aliphatic rings. The van der Waals surface area contributed by atoms with Crippen molar-refractivity contribution in [2.75, 3.05) is 0 Å². The highest BCUT2D eigenvalue weighted by Gasteiger charge is 2.20. The fraction of sp³-hybridized carbons (Fsp3) is 0.556. The van der Waals surface area contributed by atoms with Crippen LogP contribution in [0.5, 0.6) is 0 Å². The number of carboxylic acid groups (broad SMARTS) is 2. The zero-order valence-corrected chi connectivity index (χ0v) is 7.78. The molecule has 0 radical (unpaired) electrons. The summed E-state index contributed by atoms with van der Waals surface area (Å²) in [6.45, 7) is 3.59. The summed E-state index contributed by atoms with van der Waals surface area (Å²) in [5.74, 6) is -2.94. The Morgan fingerprint density at radius 3 is 2.15 bits per heavy atom. The van der Waals surface area contributed by atoms with Gasteiger partial charge in [0.05, 0.1) is 12.3 Å². The van der Waals surface area contributed by atoms with Crippen LogP contribution in [-0.4, -0.2) is 22.2 Å². The second kappa shape index (κ2) is 5.35. The fourth-order valence-electron chi connectivity index (χ4n) is 0.964. The van der Waals surface area contributed by atoms with E-state index in [1.54, 1.807) is 19.9 Å². The van der Waals surface area contributed by atoms with Gasteiger partial charge in [0.2, 0.25) is 0 Å². The van der Waals surface area contributed by atoms with E-state index in [1.165, 1.54) is 0 Å². The van der Waals surface area contributed by atoms with Crippen LogP contribution in [0.4, 0.5) is 0 Å². The summed E-state index contributed by atoms with van der Waals surface area (Å²) in [6, 6.07) is 0. The molecule has 0 spiro atoms. The highest BCUT2D eigenvalue weighted by Crippen LogP contribution is 2.15. The summed E-state index contributed by atoms with van der Waals surface area (Å²) >= 11 is 0. The minimum absolute atomic E-state index is 0.304. The molecule has 0 aromatic carbocycles. The third-order valence-electron chi connectivity index (χ3n) is 1.83. The molecule has 0 aromatic rings. The molecule has 0 rings (SSSR count). The lowest BCUT2D eigenvalue weighted by Gasteiger charge is -2.09. The molecule has 0 heterocycles. The standard InChI is InChI=1S/C9H14O4/c1-3-6(2)4-7(9(12)13)5-8(10)11/h3,7H,4-5H2,1-2H3,(H,10,11)(H,12,13). The van der Waals surface area contributed by atoms with Crippen LogP contribution >= 0.6 is 0 Å². The number of aliphatic carboxylic acids is 2. The second-order valence-corrected chi connectivity index (χ2v) is 2.97. The molecule has 0 bridgehead atoms. The molecule has 0 aliphatic carbocycles. The van der Waals surface area contributed by atoms with Crippen LogP contribution in [-0.2, 0) is 9.59 Å².